The van der Waals surface area contributed by atoms with Crippen molar-refractivity contribution >= 4 is 5.91 Å². The Morgan fingerprint density at radius 2 is 1.72 bits per heavy atom. The zero-order valence-corrected chi connectivity index (χ0v) is 11.5. The van der Waals surface area contributed by atoms with E-state index in [4.69, 9.17) is 5.73 Å². The summed E-state index contributed by atoms with van der Waals surface area (Å²) in [5.74, 6) is 2.80. The normalized spacial score (nSPS) is 43.1. The molecule has 4 rings (SSSR count). The summed E-state index contributed by atoms with van der Waals surface area (Å²) in [6.07, 6.45) is 9.21. The van der Waals surface area contributed by atoms with Crippen LogP contribution in [0, 0.1) is 23.2 Å². The molecule has 4 fully saturated rings. The summed E-state index contributed by atoms with van der Waals surface area (Å²) in [7, 11) is 0. The minimum Gasteiger partial charge on any atom is -0.370 e. The predicted molar refractivity (Wildman–Crippen MR) is 71.9 cm³/mol. The van der Waals surface area contributed by atoms with Crippen molar-refractivity contribution < 1.29 is 4.79 Å². The molecule has 1 unspecified atom stereocenters. The molecule has 4 aliphatic carbocycles. The molecule has 3 heteroatoms. The molecule has 18 heavy (non-hydrogen) atoms. The highest BCUT2D eigenvalue weighted by Gasteiger charge is 2.52. The number of hydrogen-bond donors (Lipinski definition) is 2. The van der Waals surface area contributed by atoms with Crippen molar-refractivity contribution in [2.45, 2.75) is 57.9 Å². The van der Waals surface area contributed by atoms with Gasteiger partial charge in [-0.3, -0.25) is 4.79 Å². The topological polar surface area (TPSA) is 55.1 Å². The fourth-order valence-electron chi connectivity index (χ4n) is 5.34. The van der Waals surface area contributed by atoms with Crippen LogP contribution in [0.5, 0.6) is 0 Å². The van der Waals surface area contributed by atoms with Crippen LogP contribution in [0.3, 0.4) is 0 Å². The maximum Gasteiger partial charge on any atom is 0.218 e. The molecule has 1 amide bonds. The molecule has 0 radical (unpaired) electrons. The van der Waals surface area contributed by atoms with E-state index in [2.05, 4.69) is 12.2 Å². The summed E-state index contributed by atoms with van der Waals surface area (Å²) in [5.41, 5.74) is 5.74. The van der Waals surface area contributed by atoms with Gasteiger partial charge in [-0.1, -0.05) is 0 Å². The third-order valence-corrected chi connectivity index (χ3v) is 5.83. The van der Waals surface area contributed by atoms with Crippen LogP contribution in [0.1, 0.15) is 51.9 Å². The molecule has 0 spiro atoms. The molecule has 1 atom stereocenters. The molecule has 3 nitrogen and oxygen atoms in total. The average Bonchev–Trinajstić information content (AvgIpc) is 2.26. The van der Waals surface area contributed by atoms with Gasteiger partial charge in [-0.15, -0.1) is 0 Å². The van der Waals surface area contributed by atoms with Gasteiger partial charge in [0.2, 0.25) is 5.91 Å². The lowest BCUT2D eigenvalue weighted by Crippen LogP contribution is -2.55. The number of rotatable bonds is 5. The highest BCUT2D eigenvalue weighted by Crippen LogP contribution is 2.61. The SMILES string of the molecule is CC(NCCC(N)=O)C12CC3CC(CC(C3)C1)C2. The molecule has 0 heterocycles. The first-order valence-corrected chi connectivity index (χ1v) is 7.59. The van der Waals surface area contributed by atoms with Gasteiger partial charge in [0, 0.05) is 19.0 Å². The van der Waals surface area contributed by atoms with Crippen molar-refractivity contribution in [1.82, 2.24) is 5.32 Å². The van der Waals surface area contributed by atoms with E-state index in [1.807, 2.05) is 0 Å². The molecular weight excluding hydrogens is 224 g/mol. The fourth-order valence-corrected chi connectivity index (χ4v) is 5.34. The number of amides is 1. The van der Waals surface area contributed by atoms with Crippen LogP contribution < -0.4 is 11.1 Å². The minimum absolute atomic E-state index is 0.194. The predicted octanol–water partition coefficient (Wildman–Crippen LogP) is 2.06. The van der Waals surface area contributed by atoms with Gasteiger partial charge >= 0.3 is 0 Å². The third-order valence-electron chi connectivity index (χ3n) is 5.83. The molecule has 0 aromatic rings. The molecular formula is C15H26N2O. The third kappa shape index (κ3) is 2.18. The number of carbonyl (C=O) groups is 1. The van der Waals surface area contributed by atoms with Gasteiger partial charge in [-0.2, -0.15) is 0 Å². The van der Waals surface area contributed by atoms with Gasteiger partial charge < -0.3 is 11.1 Å². The summed E-state index contributed by atoms with van der Waals surface area (Å²) in [5, 5.41) is 3.57. The first-order valence-electron chi connectivity index (χ1n) is 7.59. The molecule has 0 aromatic carbocycles. The number of nitrogens with two attached hydrogens (primary N) is 1. The van der Waals surface area contributed by atoms with Crippen LogP contribution in [0.2, 0.25) is 0 Å². The van der Waals surface area contributed by atoms with Crippen LogP contribution >= 0.6 is 0 Å². The number of primary amides is 1. The van der Waals surface area contributed by atoms with E-state index in [0.29, 0.717) is 17.9 Å². The van der Waals surface area contributed by atoms with Gasteiger partial charge in [0.05, 0.1) is 0 Å². The van der Waals surface area contributed by atoms with Crippen molar-refractivity contribution in [3.63, 3.8) is 0 Å². The van der Waals surface area contributed by atoms with Crippen molar-refractivity contribution in [2.24, 2.45) is 28.9 Å². The summed E-state index contributed by atoms with van der Waals surface area (Å²) in [4.78, 5) is 10.8. The highest BCUT2D eigenvalue weighted by atomic mass is 16.1. The van der Waals surface area contributed by atoms with Crippen molar-refractivity contribution in [3.05, 3.63) is 0 Å². The quantitative estimate of drug-likeness (QED) is 0.784. The van der Waals surface area contributed by atoms with Crippen LogP contribution in [0.15, 0.2) is 0 Å². The molecule has 4 bridgehead atoms. The fraction of sp³-hybridized carbons (Fsp3) is 0.933. The average molecular weight is 250 g/mol. The van der Waals surface area contributed by atoms with Gasteiger partial charge in [0.1, 0.15) is 0 Å². The zero-order valence-electron chi connectivity index (χ0n) is 11.5. The Kier molecular flexibility index (Phi) is 3.13. The Labute approximate surface area is 110 Å². The molecule has 4 aliphatic rings. The molecule has 4 saturated carbocycles. The minimum atomic E-state index is -0.194. The lowest BCUT2D eigenvalue weighted by Gasteiger charge is -2.59. The van der Waals surface area contributed by atoms with Gasteiger partial charge in [0.15, 0.2) is 0 Å². The van der Waals surface area contributed by atoms with Crippen LogP contribution in [-0.4, -0.2) is 18.5 Å². The monoisotopic (exact) mass is 250 g/mol. The molecule has 3 N–H and O–H groups in total. The Morgan fingerprint density at radius 3 is 2.17 bits per heavy atom. The maximum absolute atomic E-state index is 10.8. The molecule has 0 saturated heterocycles. The molecule has 102 valence electrons. The lowest BCUT2D eigenvalue weighted by molar-refractivity contribution is -0.118. The smallest absolute Gasteiger partial charge is 0.218 e. The number of hydrogen-bond acceptors (Lipinski definition) is 2. The van der Waals surface area contributed by atoms with Crippen molar-refractivity contribution in [3.8, 4) is 0 Å². The van der Waals surface area contributed by atoms with E-state index in [1.165, 1.54) is 38.5 Å². The van der Waals surface area contributed by atoms with E-state index in [-0.39, 0.29) is 5.91 Å². The van der Waals surface area contributed by atoms with Crippen LogP contribution in [-0.2, 0) is 4.79 Å². The zero-order chi connectivity index (χ0) is 12.8. The van der Waals surface area contributed by atoms with Crippen molar-refractivity contribution in [2.75, 3.05) is 6.54 Å². The Morgan fingerprint density at radius 1 is 1.22 bits per heavy atom. The highest BCUT2D eigenvalue weighted by molar-refractivity contribution is 5.73. The van der Waals surface area contributed by atoms with E-state index in [1.54, 1.807) is 0 Å². The van der Waals surface area contributed by atoms with Gasteiger partial charge in [0.25, 0.3) is 0 Å². The summed E-state index contributed by atoms with van der Waals surface area (Å²) < 4.78 is 0. The van der Waals surface area contributed by atoms with Crippen LogP contribution in [0.25, 0.3) is 0 Å². The maximum atomic E-state index is 10.8. The van der Waals surface area contributed by atoms with Gasteiger partial charge in [-0.05, 0) is 68.6 Å². The summed E-state index contributed by atoms with van der Waals surface area (Å²) >= 11 is 0. The van der Waals surface area contributed by atoms with E-state index >= 15 is 0 Å². The molecule has 0 aromatic heterocycles. The number of nitrogens with one attached hydrogen (secondary N) is 1. The lowest BCUT2D eigenvalue weighted by atomic mass is 9.48. The first kappa shape index (κ1) is 12.5. The second kappa shape index (κ2) is 4.52. The second-order valence-corrected chi connectivity index (χ2v) is 7.17. The standard InChI is InChI=1S/C15H26N2O/c1-10(17-3-2-14(16)18)15-7-11-4-12(8-15)6-13(5-11)9-15/h10-13,17H,2-9H2,1H3,(H2,16,18). The van der Waals surface area contributed by atoms with Crippen LogP contribution in [0.4, 0.5) is 0 Å². The van der Waals surface area contributed by atoms with E-state index < -0.39 is 0 Å². The Hall–Kier alpha value is -0.570. The van der Waals surface area contributed by atoms with Gasteiger partial charge in [-0.25, -0.2) is 0 Å². The van der Waals surface area contributed by atoms with Crippen molar-refractivity contribution in [1.29, 1.82) is 0 Å². The Balaban J connectivity index is 1.62. The Bertz CT molecular complexity index is 304. The molecule has 0 aliphatic heterocycles. The largest absolute Gasteiger partial charge is 0.370 e. The second-order valence-electron chi connectivity index (χ2n) is 7.17. The summed E-state index contributed by atoms with van der Waals surface area (Å²) in [6, 6.07) is 0.547. The van der Waals surface area contributed by atoms with E-state index in [9.17, 15) is 4.79 Å². The first-order chi connectivity index (χ1) is 8.57. The van der Waals surface area contributed by atoms with E-state index in [0.717, 1.165) is 24.3 Å². The number of carbonyl (C=O) groups excluding carboxylic acids is 1. The summed E-state index contributed by atoms with van der Waals surface area (Å²) in [6.45, 7) is 3.08.